The Hall–Kier alpha value is -6.87. The molecule has 0 radical (unpaired) electrons. The number of benzene rings is 3. The van der Waals surface area contributed by atoms with Gasteiger partial charge in [0, 0.05) is 38.8 Å². The van der Waals surface area contributed by atoms with E-state index >= 15 is 0 Å². The van der Waals surface area contributed by atoms with Crippen molar-refractivity contribution in [1.29, 1.82) is 0 Å². The molecule has 22 heteroatoms. The molecule has 338 valence electrons. The molecule has 7 aromatic rings. The molecular weight excluding hydrogens is 914 g/mol. The highest BCUT2D eigenvalue weighted by molar-refractivity contribution is 6.00. The van der Waals surface area contributed by atoms with Crippen LogP contribution in [0.5, 0.6) is 0 Å². The largest absolute Gasteiger partial charge is 0.416 e. The second kappa shape index (κ2) is 14.8. The van der Waals surface area contributed by atoms with Gasteiger partial charge in [0.2, 0.25) is 0 Å². The molecule has 0 amide bonds. The Kier molecular flexibility index (Phi) is 10.2. The second-order valence-corrected chi connectivity index (χ2v) is 14.6. The Bertz CT molecular complexity index is 3080. The molecule has 65 heavy (non-hydrogen) atoms. The Balaban J connectivity index is 1.59. The number of nitrogens with zero attached hydrogens (tertiary/aromatic N) is 1. The van der Waals surface area contributed by atoms with E-state index in [1.54, 1.807) is 0 Å². The summed E-state index contributed by atoms with van der Waals surface area (Å²) in [5, 5.41) is 0. The summed E-state index contributed by atoms with van der Waals surface area (Å²) in [6.45, 7) is 0. The number of aromatic nitrogens is 4. The summed E-state index contributed by atoms with van der Waals surface area (Å²) in [6.07, 6.45) is -30.3. The highest BCUT2D eigenvalue weighted by Crippen LogP contribution is 2.45. The molecule has 1 aliphatic rings. The van der Waals surface area contributed by atoms with Crippen molar-refractivity contribution in [2.75, 3.05) is 0 Å². The number of rotatable bonds is 3. The molecule has 3 aromatic carbocycles. The monoisotopic (exact) mass is 934 g/mol. The summed E-state index contributed by atoms with van der Waals surface area (Å²) >= 11 is 0. The Labute approximate surface area is 350 Å². The van der Waals surface area contributed by atoms with Crippen LogP contribution in [0.2, 0.25) is 0 Å². The molecule has 0 atom stereocenters. The van der Waals surface area contributed by atoms with E-state index in [2.05, 4.69) is 19.9 Å². The first-order valence-corrected chi connectivity index (χ1v) is 18.2. The van der Waals surface area contributed by atoms with Crippen LogP contribution in [0.3, 0.4) is 0 Å². The molecule has 0 saturated carbocycles. The van der Waals surface area contributed by atoms with Gasteiger partial charge in [0.05, 0.1) is 55.8 Å². The van der Waals surface area contributed by atoms with Crippen molar-refractivity contribution in [1.82, 2.24) is 19.9 Å². The first-order chi connectivity index (χ1) is 29.9. The van der Waals surface area contributed by atoms with Crippen molar-refractivity contribution >= 4 is 45.3 Å². The Morgan fingerprint density at radius 2 is 0.492 bits per heavy atom. The number of hydrogen-bond donors (Lipinski definition) is 3. The standard InChI is InChI=1S/C43H20F18N4/c44-38(45,46)21-9-18(10-22(15-21)39(47,48)49)35-29-3-1-27(62-29)28-2-4-30(63-28)36(19-11-23(40(50,51)52)16-24(12-19)41(53,54)55)32-6-8-34(65-32)37(33-7-5-31(35)64-33)20-13-25(42(56,57)58)17-26(14-20)43(59,60)61/h1-17,62-64H. The zero-order chi connectivity index (χ0) is 47.4. The van der Waals surface area contributed by atoms with Gasteiger partial charge in [-0.1, -0.05) is 0 Å². The summed E-state index contributed by atoms with van der Waals surface area (Å²) in [7, 11) is 0. The van der Waals surface area contributed by atoms with E-state index < -0.39 is 121 Å². The lowest BCUT2D eigenvalue weighted by Crippen LogP contribution is -2.11. The van der Waals surface area contributed by atoms with E-state index in [1.807, 2.05) is 0 Å². The molecule has 0 unspecified atom stereocenters. The summed E-state index contributed by atoms with van der Waals surface area (Å²) in [5.74, 6) is 0. The number of H-pyrrole nitrogens is 3. The van der Waals surface area contributed by atoms with Crippen LogP contribution < -0.4 is 0 Å². The van der Waals surface area contributed by atoms with Gasteiger partial charge in [0.15, 0.2) is 0 Å². The molecule has 0 saturated heterocycles. The number of nitrogens with one attached hydrogen (secondary N) is 3. The van der Waals surface area contributed by atoms with Crippen LogP contribution >= 0.6 is 0 Å². The maximum absolute atomic E-state index is 14.2. The second-order valence-electron chi connectivity index (χ2n) is 14.6. The van der Waals surface area contributed by atoms with Crippen molar-refractivity contribution in [3.8, 4) is 33.4 Å². The topological polar surface area (TPSA) is 60.3 Å². The fraction of sp³-hybridized carbons (Fsp3) is 0.140. The van der Waals surface area contributed by atoms with E-state index in [4.69, 9.17) is 0 Å². The minimum Gasteiger partial charge on any atom is -0.354 e. The van der Waals surface area contributed by atoms with Gasteiger partial charge in [0.25, 0.3) is 0 Å². The van der Waals surface area contributed by atoms with Crippen molar-refractivity contribution in [2.45, 2.75) is 37.1 Å². The zero-order valence-electron chi connectivity index (χ0n) is 31.6. The van der Waals surface area contributed by atoms with Crippen molar-refractivity contribution in [3.05, 3.63) is 136 Å². The van der Waals surface area contributed by atoms with Crippen LogP contribution in [-0.4, -0.2) is 19.9 Å². The smallest absolute Gasteiger partial charge is 0.354 e. The predicted molar refractivity (Wildman–Crippen MR) is 201 cm³/mol. The summed E-state index contributed by atoms with van der Waals surface area (Å²) in [5.41, 5.74) is -16.9. The third-order valence-electron chi connectivity index (χ3n) is 10.2. The van der Waals surface area contributed by atoms with Crippen LogP contribution in [-0.2, 0) is 37.1 Å². The lowest BCUT2D eigenvalue weighted by Gasteiger charge is -2.15. The van der Waals surface area contributed by atoms with E-state index in [9.17, 15) is 79.0 Å². The van der Waals surface area contributed by atoms with E-state index in [0.29, 0.717) is 24.3 Å². The lowest BCUT2D eigenvalue weighted by molar-refractivity contribution is -0.144. The molecule has 3 N–H and O–H groups in total. The fourth-order valence-electron chi connectivity index (χ4n) is 7.36. The van der Waals surface area contributed by atoms with Gasteiger partial charge in [-0.3, -0.25) is 0 Å². The van der Waals surface area contributed by atoms with Crippen LogP contribution in [0.1, 0.15) is 44.8 Å². The highest BCUT2D eigenvalue weighted by atomic mass is 19.4. The number of fused-ring (bicyclic) bond motifs is 9. The van der Waals surface area contributed by atoms with Gasteiger partial charge in [0.1, 0.15) is 0 Å². The summed E-state index contributed by atoms with van der Waals surface area (Å²) in [6, 6.07) is 8.47. The molecule has 0 aliphatic carbocycles. The summed E-state index contributed by atoms with van der Waals surface area (Å²) in [4.78, 5) is 12.6. The van der Waals surface area contributed by atoms with Gasteiger partial charge >= 0.3 is 37.1 Å². The number of halogens is 18. The maximum atomic E-state index is 14.2. The summed E-state index contributed by atoms with van der Waals surface area (Å²) < 4.78 is 255. The molecule has 4 aromatic heterocycles. The lowest BCUT2D eigenvalue weighted by atomic mass is 9.97. The van der Waals surface area contributed by atoms with Crippen molar-refractivity contribution in [3.63, 3.8) is 0 Å². The van der Waals surface area contributed by atoms with Gasteiger partial charge in [-0.25, -0.2) is 4.98 Å². The quantitative estimate of drug-likeness (QED) is 0.152. The molecule has 8 rings (SSSR count). The van der Waals surface area contributed by atoms with Crippen LogP contribution in [0, 0.1) is 0 Å². The van der Waals surface area contributed by atoms with Gasteiger partial charge < -0.3 is 15.0 Å². The molecule has 4 nitrogen and oxygen atoms in total. The molecule has 1 aliphatic heterocycles. The van der Waals surface area contributed by atoms with Crippen LogP contribution in [0.15, 0.2) is 91.0 Å². The minimum atomic E-state index is -5.43. The van der Waals surface area contributed by atoms with Gasteiger partial charge in [-0.2, -0.15) is 79.0 Å². The molecule has 5 heterocycles. The average molecular weight is 935 g/mol. The third kappa shape index (κ3) is 8.72. The van der Waals surface area contributed by atoms with Gasteiger partial charge in [-0.15, -0.1) is 0 Å². The van der Waals surface area contributed by atoms with Gasteiger partial charge in [-0.05, 0) is 120 Å². The normalized spacial score (nSPS) is 13.6. The SMILES string of the molecule is FC(F)(F)c1cc(-c2c3nc(c(-c4cc(C(F)(F)F)cc(C(F)(F)F)c4)c4ccc([nH]4)c4ccc([nH]4)c(-c4cc(C(F)(F)F)cc(C(F)(F)F)c4)c4ccc2[nH]4)C=C3)cc(C(F)(F)F)c1. The first kappa shape index (κ1) is 44.7. The zero-order valence-corrected chi connectivity index (χ0v) is 31.6. The average Bonchev–Trinajstić information content (AvgIpc) is 4.02. The van der Waals surface area contributed by atoms with Crippen LogP contribution in [0.25, 0.3) is 78.6 Å². The maximum Gasteiger partial charge on any atom is 0.416 e. The molecule has 0 spiro atoms. The van der Waals surface area contributed by atoms with E-state index in [0.717, 1.165) is 24.3 Å². The Morgan fingerprint density at radius 3 is 0.754 bits per heavy atom. The molecule has 8 bridgehead atoms. The molecule has 0 fully saturated rings. The molecular formula is C43H20F18N4. The third-order valence-corrected chi connectivity index (χ3v) is 10.2. The Morgan fingerprint density at radius 1 is 0.277 bits per heavy atom. The van der Waals surface area contributed by atoms with Crippen LogP contribution in [0.4, 0.5) is 79.0 Å². The number of alkyl halides is 18. The van der Waals surface area contributed by atoms with E-state index in [-0.39, 0.29) is 57.9 Å². The number of aromatic amines is 3. The first-order valence-electron chi connectivity index (χ1n) is 18.2. The number of hydrogen-bond acceptors (Lipinski definition) is 1. The minimum absolute atomic E-state index is 0.0101. The fourth-order valence-corrected chi connectivity index (χ4v) is 7.36. The predicted octanol–water partition coefficient (Wildman–Crippen LogP) is 15.8. The van der Waals surface area contributed by atoms with E-state index in [1.165, 1.54) is 24.3 Å². The van der Waals surface area contributed by atoms with Crippen molar-refractivity contribution < 1.29 is 79.0 Å². The van der Waals surface area contributed by atoms with Crippen molar-refractivity contribution in [2.24, 2.45) is 0 Å². The highest BCUT2D eigenvalue weighted by Gasteiger charge is 2.40.